The zero-order valence-electron chi connectivity index (χ0n) is 17.9. The predicted molar refractivity (Wildman–Crippen MR) is 128 cm³/mol. The summed E-state index contributed by atoms with van der Waals surface area (Å²) in [6, 6.07) is 16.7. The van der Waals surface area contributed by atoms with E-state index in [2.05, 4.69) is 5.32 Å². The number of para-hydroxylation sites is 2. The molecule has 0 atom stereocenters. The maximum absolute atomic E-state index is 13.2. The first-order chi connectivity index (χ1) is 16.4. The van der Waals surface area contributed by atoms with Gasteiger partial charge in [0.1, 0.15) is 23.9 Å². The number of hydrogen-bond acceptors (Lipinski definition) is 6. The smallest absolute Gasteiger partial charge is 0.310 e. The molecule has 1 N–H and O–H groups in total. The van der Waals surface area contributed by atoms with Crippen molar-refractivity contribution in [3.63, 3.8) is 0 Å². The standard InChI is InChI=1S/C24H18FN3O5S/c1-32-21-11-6-15(12-16(21)14-33-22-5-3-2-4-20(22)28(30)31)13-19-23(29)27(24(34)26-19)18-9-7-17(25)8-10-18/h2-13H,14H2,1H3,(H,26,34)/b19-13+. The van der Waals surface area contributed by atoms with Crippen molar-refractivity contribution in [3.05, 3.63) is 99.5 Å². The molecule has 8 nitrogen and oxygen atoms in total. The molecule has 0 unspecified atom stereocenters. The summed E-state index contributed by atoms with van der Waals surface area (Å²) in [6.07, 6.45) is 1.62. The van der Waals surface area contributed by atoms with Crippen molar-refractivity contribution in [2.75, 3.05) is 12.0 Å². The third kappa shape index (κ3) is 4.71. The molecule has 1 fully saturated rings. The SMILES string of the molecule is COc1ccc(/C=C2/NC(=S)N(c3ccc(F)cc3)C2=O)cc1COc1ccccc1[N+](=O)[O-]. The van der Waals surface area contributed by atoms with Gasteiger partial charge in [-0.2, -0.15) is 0 Å². The largest absolute Gasteiger partial charge is 0.496 e. The maximum atomic E-state index is 13.2. The molecule has 3 aromatic carbocycles. The van der Waals surface area contributed by atoms with Crippen molar-refractivity contribution >= 4 is 40.7 Å². The molecule has 1 heterocycles. The summed E-state index contributed by atoms with van der Waals surface area (Å²) in [5, 5.41) is 14.3. The van der Waals surface area contributed by atoms with Crippen LogP contribution >= 0.6 is 12.2 Å². The number of nitrogens with zero attached hydrogens (tertiary/aromatic N) is 2. The molecule has 1 amide bonds. The molecule has 0 aliphatic carbocycles. The summed E-state index contributed by atoms with van der Waals surface area (Å²) >= 11 is 5.28. The van der Waals surface area contributed by atoms with Crippen LogP contribution in [0.5, 0.6) is 11.5 Å². The summed E-state index contributed by atoms with van der Waals surface area (Å²) in [5.74, 6) is -0.148. The van der Waals surface area contributed by atoms with Crippen LogP contribution in [0.2, 0.25) is 0 Å². The van der Waals surface area contributed by atoms with Crippen LogP contribution in [0.25, 0.3) is 6.08 Å². The lowest BCUT2D eigenvalue weighted by atomic mass is 10.1. The third-order valence-electron chi connectivity index (χ3n) is 5.02. The lowest BCUT2D eigenvalue weighted by Gasteiger charge is -2.13. The minimum atomic E-state index is -0.513. The van der Waals surface area contributed by atoms with Gasteiger partial charge in [0.25, 0.3) is 5.91 Å². The normalized spacial score (nSPS) is 14.3. The van der Waals surface area contributed by atoms with Crippen molar-refractivity contribution in [1.29, 1.82) is 0 Å². The molecule has 10 heteroatoms. The van der Waals surface area contributed by atoms with E-state index in [0.29, 0.717) is 22.6 Å². The quantitative estimate of drug-likeness (QED) is 0.229. The number of carbonyl (C=O) groups is 1. The Bertz CT molecular complexity index is 1310. The molecular formula is C24H18FN3O5S. The van der Waals surface area contributed by atoms with Gasteiger partial charge in [0.15, 0.2) is 10.9 Å². The zero-order chi connectivity index (χ0) is 24.2. The van der Waals surface area contributed by atoms with Crippen LogP contribution in [0.3, 0.4) is 0 Å². The fourth-order valence-corrected chi connectivity index (χ4v) is 3.71. The lowest BCUT2D eigenvalue weighted by Crippen LogP contribution is -2.30. The predicted octanol–water partition coefficient (Wildman–Crippen LogP) is 4.58. The van der Waals surface area contributed by atoms with Crippen LogP contribution < -0.4 is 19.7 Å². The minimum absolute atomic E-state index is 0.00648. The monoisotopic (exact) mass is 479 g/mol. The van der Waals surface area contributed by atoms with Crippen molar-refractivity contribution in [1.82, 2.24) is 5.32 Å². The van der Waals surface area contributed by atoms with E-state index >= 15 is 0 Å². The number of methoxy groups -OCH3 is 1. The van der Waals surface area contributed by atoms with E-state index in [0.717, 1.165) is 0 Å². The summed E-state index contributed by atoms with van der Waals surface area (Å²) in [5.41, 5.74) is 1.82. The third-order valence-corrected chi connectivity index (χ3v) is 5.31. The molecule has 0 radical (unpaired) electrons. The summed E-state index contributed by atoms with van der Waals surface area (Å²) in [7, 11) is 1.50. The zero-order valence-corrected chi connectivity index (χ0v) is 18.7. The van der Waals surface area contributed by atoms with Gasteiger partial charge in [0.2, 0.25) is 0 Å². The van der Waals surface area contributed by atoms with E-state index in [4.69, 9.17) is 21.7 Å². The van der Waals surface area contributed by atoms with Gasteiger partial charge in [-0.05, 0) is 66.3 Å². The maximum Gasteiger partial charge on any atom is 0.310 e. The number of nitro benzene ring substituents is 1. The Morgan fingerprint density at radius 2 is 1.85 bits per heavy atom. The molecule has 1 saturated heterocycles. The number of nitro groups is 1. The minimum Gasteiger partial charge on any atom is -0.496 e. The number of rotatable bonds is 7. The van der Waals surface area contributed by atoms with Crippen molar-refractivity contribution in [2.24, 2.45) is 0 Å². The van der Waals surface area contributed by atoms with E-state index in [1.54, 1.807) is 36.4 Å². The fraction of sp³-hybridized carbons (Fsp3) is 0.0833. The van der Waals surface area contributed by atoms with E-state index in [1.807, 2.05) is 0 Å². The molecule has 3 aromatic rings. The highest BCUT2D eigenvalue weighted by Gasteiger charge is 2.32. The number of amides is 1. The molecule has 1 aliphatic rings. The molecule has 34 heavy (non-hydrogen) atoms. The summed E-state index contributed by atoms with van der Waals surface area (Å²) in [6.45, 7) is 0.00648. The van der Waals surface area contributed by atoms with Gasteiger partial charge >= 0.3 is 5.69 Å². The number of benzene rings is 3. The summed E-state index contributed by atoms with van der Waals surface area (Å²) in [4.78, 5) is 24.9. The average Bonchev–Trinajstić information content (AvgIpc) is 3.11. The number of hydrogen-bond donors (Lipinski definition) is 1. The average molecular weight is 479 g/mol. The fourth-order valence-electron chi connectivity index (χ4n) is 3.41. The van der Waals surface area contributed by atoms with Crippen molar-refractivity contribution in [3.8, 4) is 11.5 Å². The molecule has 0 saturated carbocycles. The van der Waals surface area contributed by atoms with Crippen LogP contribution in [0, 0.1) is 15.9 Å². The topological polar surface area (TPSA) is 93.9 Å². The van der Waals surface area contributed by atoms with Crippen LogP contribution in [-0.2, 0) is 11.4 Å². The number of thiocarbonyl (C=S) groups is 1. The van der Waals surface area contributed by atoms with Crippen LogP contribution in [0.1, 0.15) is 11.1 Å². The van der Waals surface area contributed by atoms with Crippen molar-refractivity contribution in [2.45, 2.75) is 6.61 Å². The van der Waals surface area contributed by atoms with E-state index in [1.165, 1.54) is 48.4 Å². The second-order valence-electron chi connectivity index (χ2n) is 7.19. The molecule has 4 rings (SSSR count). The van der Waals surface area contributed by atoms with Gasteiger partial charge in [-0.1, -0.05) is 18.2 Å². The molecular weight excluding hydrogens is 461 g/mol. The van der Waals surface area contributed by atoms with E-state index < -0.39 is 10.7 Å². The second kappa shape index (κ2) is 9.67. The second-order valence-corrected chi connectivity index (χ2v) is 7.58. The van der Waals surface area contributed by atoms with Crippen molar-refractivity contribution < 1.29 is 23.6 Å². The number of halogens is 1. The first-order valence-corrected chi connectivity index (χ1v) is 10.4. The molecule has 0 bridgehead atoms. The highest BCUT2D eigenvalue weighted by Crippen LogP contribution is 2.29. The molecule has 172 valence electrons. The van der Waals surface area contributed by atoms with Gasteiger partial charge < -0.3 is 14.8 Å². The Balaban J connectivity index is 1.58. The molecule has 1 aliphatic heterocycles. The van der Waals surface area contributed by atoms with E-state index in [9.17, 15) is 19.3 Å². The highest BCUT2D eigenvalue weighted by atomic mass is 32.1. The lowest BCUT2D eigenvalue weighted by molar-refractivity contribution is -0.385. The highest BCUT2D eigenvalue weighted by molar-refractivity contribution is 7.80. The molecule has 0 spiro atoms. The van der Waals surface area contributed by atoms with Gasteiger partial charge in [-0.3, -0.25) is 19.8 Å². The number of anilines is 1. The Kier molecular flexibility index (Phi) is 6.51. The van der Waals surface area contributed by atoms with Gasteiger partial charge in [0.05, 0.1) is 17.7 Å². The number of carbonyl (C=O) groups excluding carboxylic acids is 1. The Labute approximate surface area is 199 Å². The first kappa shape index (κ1) is 22.9. The van der Waals surface area contributed by atoms with Gasteiger partial charge in [-0.15, -0.1) is 0 Å². The molecule has 0 aromatic heterocycles. The van der Waals surface area contributed by atoms with Gasteiger partial charge in [-0.25, -0.2) is 4.39 Å². The van der Waals surface area contributed by atoms with E-state index in [-0.39, 0.29) is 34.8 Å². The Hall–Kier alpha value is -4.31. The number of ether oxygens (including phenoxy) is 2. The first-order valence-electron chi connectivity index (χ1n) is 10.0. The Morgan fingerprint density at radius 3 is 2.56 bits per heavy atom. The number of nitrogens with one attached hydrogen (secondary N) is 1. The van der Waals surface area contributed by atoms with Crippen LogP contribution in [0.15, 0.2) is 72.4 Å². The van der Waals surface area contributed by atoms with Crippen LogP contribution in [-0.4, -0.2) is 23.1 Å². The summed E-state index contributed by atoms with van der Waals surface area (Å²) < 4.78 is 24.3. The van der Waals surface area contributed by atoms with Gasteiger partial charge in [0, 0.05) is 11.6 Å². The Morgan fingerprint density at radius 1 is 1.12 bits per heavy atom. The van der Waals surface area contributed by atoms with Crippen LogP contribution in [0.4, 0.5) is 15.8 Å².